The van der Waals surface area contributed by atoms with Crippen molar-refractivity contribution in [2.45, 2.75) is 78.8 Å². The Labute approximate surface area is 371 Å². The molecule has 0 aliphatic rings. The second-order valence-corrected chi connectivity index (χ2v) is 19.9. The summed E-state index contributed by atoms with van der Waals surface area (Å²) in [4.78, 5) is 42.0. The van der Waals surface area contributed by atoms with Gasteiger partial charge in [0, 0.05) is 62.7 Å². The van der Waals surface area contributed by atoms with Gasteiger partial charge in [0.25, 0.3) is 11.8 Å². The summed E-state index contributed by atoms with van der Waals surface area (Å²) < 4.78 is 60.8. The highest BCUT2D eigenvalue weighted by Gasteiger charge is 2.22. The van der Waals surface area contributed by atoms with Crippen LogP contribution in [0.4, 0.5) is 0 Å². The summed E-state index contributed by atoms with van der Waals surface area (Å²) in [5.41, 5.74) is 3.19. The van der Waals surface area contributed by atoms with E-state index in [1.54, 1.807) is 113 Å². The quantitative estimate of drug-likeness (QED) is 0.127. The van der Waals surface area contributed by atoms with E-state index in [1.165, 1.54) is 36.7 Å². The highest BCUT2D eigenvalue weighted by molar-refractivity contribution is 7.91. The summed E-state index contributed by atoms with van der Waals surface area (Å²) in [7, 11) is -7.28. The number of hydrogen-bond acceptors (Lipinski definition) is 11. The van der Waals surface area contributed by atoms with E-state index in [0.29, 0.717) is 28.4 Å². The number of hydrogen-bond donors (Lipinski definition) is 2. The van der Waals surface area contributed by atoms with Gasteiger partial charge in [0.2, 0.25) is 31.2 Å². The molecule has 0 radical (unpaired) electrons. The number of nitrogens with zero attached hydrogens (tertiary/aromatic N) is 6. The lowest BCUT2D eigenvalue weighted by molar-refractivity contribution is 0.0942. The molecule has 2 N–H and O–H groups in total. The number of ether oxygens (including phenoxy) is 1. The standard InChI is InChI=1S/C24H24N4O3S.C23H22N4O4S/c1-24(2,3)19-5-4-6-21(13-19)32(30,31)20-9-7-17(8-10-20)14-26-22(29)18-15-27-23-25-11-12-28(23)16-18;1-16(2)31-19-5-9-21(10-6-19)32(29,30)20-7-3-17(4-8-20)13-25-22(28)18-14-26-23-24-11-12-27(23)15-18/h4-13,15-16H,14H2,1-3H3,(H,26,29);3-12,14-16H,13H2,1-2H3,(H,25,28). The summed E-state index contributed by atoms with van der Waals surface area (Å²) in [5, 5.41) is 5.63. The average molecular weight is 899 g/mol. The Morgan fingerprint density at radius 1 is 0.609 bits per heavy atom. The molecule has 4 heterocycles. The van der Waals surface area contributed by atoms with Gasteiger partial charge in [-0.05, 0) is 96.6 Å². The Hall–Kier alpha value is -7.24. The van der Waals surface area contributed by atoms with Crippen molar-refractivity contribution in [2.24, 2.45) is 0 Å². The monoisotopic (exact) mass is 898 g/mol. The van der Waals surface area contributed by atoms with Crippen LogP contribution >= 0.6 is 0 Å². The molecule has 64 heavy (non-hydrogen) atoms. The molecular formula is C47H46N8O7S2. The number of rotatable bonds is 12. The Morgan fingerprint density at radius 3 is 1.48 bits per heavy atom. The molecule has 17 heteroatoms. The number of fused-ring (bicyclic) bond motifs is 2. The minimum Gasteiger partial charge on any atom is -0.491 e. The second kappa shape index (κ2) is 18.6. The summed E-state index contributed by atoms with van der Waals surface area (Å²) in [5.74, 6) is 1.09. The number of nitrogens with one attached hydrogen (secondary N) is 2. The molecule has 4 aromatic carbocycles. The zero-order valence-electron chi connectivity index (χ0n) is 35.7. The molecule has 0 aliphatic heterocycles. The van der Waals surface area contributed by atoms with Gasteiger partial charge >= 0.3 is 0 Å². The lowest BCUT2D eigenvalue weighted by atomic mass is 9.87. The van der Waals surface area contributed by atoms with Crippen LogP contribution in [0.3, 0.4) is 0 Å². The van der Waals surface area contributed by atoms with E-state index in [1.807, 2.05) is 40.7 Å². The first-order chi connectivity index (χ1) is 30.5. The van der Waals surface area contributed by atoms with Crippen LogP contribution in [0.1, 0.15) is 72.0 Å². The number of carbonyl (C=O) groups is 2. The van der Waals surface area contributed by atoms with Crippen molar-refractivity contribution in [3.63, 3.8) is 0 Å². The fourth-order valence-electron chi connectivity index (χ4n) is 6.38. The van der Waals surface area contributed by atoms with Crippen molar-refractivity contribution in [1.29, 1.82) is 0 Å². The number of carbonyl (C=O) groups excluding carboxylic acids is 2. The lowest BCUT2D eigenvalue weighted by Crippen LogP contribution is -2.23. The molecule has 4 aromatic heterocycles. The fourth-order valence-corrected chi connectivity index (χ4v) is 8.95. The molecule has 8 rings (SSSR count). The van der Waals surface area contributed by atoms with Crippen LogP contribution in [0.5, 0.6) is 5.75 Å². The molecule has 0 fully saturated rings. The van der Waals surface area contributed by atoms with Crippen molar-refractivity contribution in [3.05, 3.63) is 174 Å². The Balaban J connectivity index is 0.000000191. The predicted octanol–water partition coefficient (Wildman–Crippen LogP) is 7.07. The van der Waals surface area contributed by atoms with Gasteiger partial charge in [-0.3, -0.25) is 18.4 Å². The molecule has 0 spiro atoms. The minimum atomic E-state index is -3.65. The topological polar surface area (TPSA) is 196 Å². The van der Waals surface area contributed by atoms with Crippen molar-refractivity contribution < 1.29 is 31.2 Å². The molecule has 0 atom stereocenters. The van der Waals surface area contributed by atoms with Crippen LogP contribution in [0.25, 0.3) is 11.6 Å². The van der Waals surface area contributed by atoms with Gasteiger partial charge in [0.15, 0.2) is 0 Å². The highest BCUT2D eigenvalue weighted by atomic mass is 32.2. The van der Waals surface area contributed by atoms with E-state index in [9.17, 15) is 26.4 Å². The van der Waals surface area contributed by atoms with Crippen LogP contribution in [0.2, 0.25) is 0 Å². The van der Waals surface area contributed by atoms with Crippen LogP contribution in [0.15, 0.2) is 166 Å². The number of imidazole rings is 2. The summed E-state index contributed by atoms with van der Waals surface area (Å²) in [6.07, 6.45) is 12.9. The fraction of sp³-hybridized carbons (Fsp3) is 0.191. The maximum atomic E-state index is 13.1. The molecule has 0 aliphatic carbocycles. The lowest BCUT2D eigenvalue weighted by Gasteiger charge is -2.19. The van der Waals surface area contributed by atoms with Crippen molar-refractivity contribution in [3.8, 4) is 5.75 Å². The molecular weight excluding hydrogens is 853 g/mol. The number of sulfone groups is 2. The van der Waals surface area contributed by atoms with Crippen LogP contribution in [-0.4, -0.2) is 63.5 Å². The Kier molecular flexibility index (Phi) is 13.0. The maximum Gasteiger partial charge on any atom is 0.254 e. The van der Waals surface area contributed by atoms with Crippen molar-refractivity contribution in [2.75, 3.05) is 0 Å². The smallest absolute Gasteiger partial charge is 0.254 e. The largest absolute Gasteiger partial charge is 0.491 e. The molecule has 0 bridgehead atoms. The summed E-state index contributed by atoms with van der Waals surface area (Å²) >= 11 is 0. The van der Waals surface area contributed by atoms with E-state index < -0.39 is 19.7 Å². The molecule has 8 aromatic rings. The van der Waals surface area contributed by atoms with Gasteiger partial charge < -0.3 is 15.4 Å². The number of aromatic nitrogens is 6. The number of benzene rings is 4. The van der Waals surface area contributed by atoms with Gasteiger partial charge in [0.05, 0.1) is 36.8 Å². The third-order valence-electron chi connectivity index (χ3n) is 9.90. The van der Waals surface area contributed by atoms with E-state index in [2.05, 4.69) is 30.6 Å². The Bertz CT molecular complexity index is 3160. The first-order valence-electron chi connectivity index (χ1n) is 20.2. The second-order valence-electron chi connectivity index (χ2n) is 16.0. The summed E-state index contributed by atoms with van der Waals surface area (Å²) in [6.45, 7) is 10.5. The third-order valence-corrected chi connectivity index (χ3v) is 13.5. The average Bonchev–Trinajstić information content (AvgIpc) is 3.97. The van der Waals surface area contributed by atoms with Gasteiger partial charge in [-0.15, -0.1) is 0 Å². The van der Waals surface area contributed by atoms with Gasteiger partial charge in [-0.2, -0.15) is 0 Å². The molecule has 2 amide bonds. The van der Waals surface area contributed by atoms with Crippen molar-refractivity contribution in [1.82, 2.24) is 39.4 Å². The maximum absolute atomic E-state index is 13.1. The predicted molar refractivity (Wildman–Crippen MR) is 239 cm³/mol. The minimum absolute atomic E-state index is 0.00977. The SMILES string of the molecule is CC(C)(C)c1cccc(S(=O)(=O)c2ccc(CNC(=O)c3cnc4nccn4c3)cc2)c1.CC(C)Oc1ccc(S(=O)(=O)c2ccc(CNC(=O)c3cnc4nccn4c3)cc2)cc1. The molecule has 15 nitrogen and oxygen atoms in total. The zero-order valence-corrected chi connectivity index (χ0v) is 37.3. The van der Waals surface area contributed by atoms with E-state index in [4.69, 9.17) is 4.74 Å². The Morgan fingerprint density at radius 2 is 1.05 bits per heavy atom. The number of amides is 2. The zero-order chi connectivity index (χ0) is 45.6. The van der Waals surface area contributed by atoms with Gasteiger partial charge in [-0.25, -0.2) is 36.8 Å². The van der Waals surface area contributed by atoms with Crippen molar-refractivity contribution >= 4 is 43.0 Å². The molecule has 0 saturated heterocycles. The summed E-state index contributed by atoms with van der Waals surface area (Å²) in [6, 6.07) is 26.4. The van der Waals surface area contributed by atoms with E-state index in [-0.39, 0.29) is 56.0 Å². The first-order valence-corrected chi connectivity index (χ1v) is 23.1. The molecule has 328 valence electrons. The highest BCUT2D eigenvalue weighted by Crippen LogP contribution is 2.28. The van der Waals surface area contributed by atoms with E-state index in [0.717, 1.165) is 16.7 Å². The molecule has 0 saturated carbocycles. The van der Waals surface area contributed by atoms with Crippen LogP contribution in [-0.2, 0) is 38.2 Å². The molecule has 0 unspecified atom stereocenters. The van der Waals surface area contributed by atoms with Gasteiger partial charge in [0.1, 0.15) is 5.75 Å². The normalized spacial score (nSPS) is 11.8. The van der Waals surface area contributed by atoms with E-state index >= 15 is 0 Å². The van der Waals surface area contributed by atoms with Crippen LogP contribution < -0.4 is 15.4 Å². The van der Waals surface area contributed by atoms with Crippen LogP contribution in [0, 0.1) is 0 Å². The van der Waals surface area contributed by atoms with Gasteiger partial charge in [-0.1, -0.05) is 57.2 Å². The first kappa shape index (κ1) is 44.8. The third kappa shape index (κ3) is 10.5.